The third-order valence-corrected chi connectivity index (χ3v) is 3.65. The maximum absolute atomic E-state index is 12.4. The zero-order chi connectivity index (χ0) is 16.9. The molecule has 0 heterocycles. The molecule has 0 aliphatic heterocycles. The summed E-state index contributed by atoms with van der Waals surface area (Å²) in [7, 11) is 0. The lowest BCUT2D eigenvalue weighted by Gasteiger charge is -2.28. The van der Waals surface area contributed by atoms with Crippen molar-refractivity contribution >= 4 is 22.0 Å². The van der Waals surface area contributed by atoms with Crippen LogP contribution in [0.25, 0.3) is 0 Å². The molecule has 1 aromatic rings. The Hall–Kier alpha value is -1.23. The number of benzene rings is 1. The Morgan fingerprint density at radius 2 is 2.00 bits per heavy atom. The van der Waals surface area contributed by atoms with Crippen molar-refractivity contribution in [1.29, 1.82) is 0 Å². The first-order chi connectivity index (χ1) is 10.1. The van der Waals surface area contributed by atoms with Crippen LogP contribution >= 0.6 is 15.9 Å². The second-order valence-electron chi connectivity index (χ2n) is 6.87. The smallest absolute Gasteiger partial charge is 0.410 e. The number of ether oxygens (including phenoxy) is 1. The van der Waals surface area contributed by atoms with E-state index in [4.69, 9.17) is 4.74 Å². The molecule has 1 rings (SSSR count). The fraction of sp³-hybridized carbons (Fsp3) is 0.588. The molecule has 1 aromatic carbocycles. The molecule has 1 amide bonds. The summed E-state index contributed by atoms with van der Waals surface area (Å²) in [5.74, 6) is 0.700. The van der Waals surface area contributed by atoms with E-state index in [1.54, 1.807) is 11.0 Å². The van der Waals surface area contributed by atoms with Gasteiger partial charge in [0.25, 0.3) is 0 Å². The van der Waals surface area contributed by atoms with Gasteiger partial charge in [-0.2, -0.15) is 0 Å². The minimum absolute atomic E-state index is 0.190. The van der Waals surface area contributed by atoms with E-state index < -0.39 is 5.60 Å². The molecule has 5 heteroatoms. The van der Waals surface area contributed by atoms with Gasteiger partial charge in [0.05, 0.1) is 4.47 Å². The quantitative estimate of drug-likeness (QED) is 0.797. The first-order valence-electron chi connectivity index (χ1n) is 7.54. The van der Waals surface area contributed by atoms with Crippen LogP contribution in [0.1, 0.15) is 46.6 Å². The average Bonchev–Trinajstić information content (AvgIpc) is 2.36. The average molecular weight is 372 g/mol. The minimum atomic E-state index is -0.511. The van der Waals surface area contributed by atoms with Crippen molar-refractivity contribution in [3.63, 3.8) is 0 Å². The molecule has 0 fully saturated rings. The molecule has 0 atom stereocenters. The highest BCUT2D eigenvalue weighted by molar-refractivity contribution is 9.10. The summed E-state index contributed by atoms with van der Waals surface area (Å²) in [4.78, 5) is 14.1. The number of hydrogen-bond acceptors (Lipinski definition) is 3. The largest absolute Gasteiger partial charge is 0.507 e. The van der Waals surface area contributed by atoms with Crippen LogP contribution in [0.15, 0.2) is 22.7 Å². The molecule has 0 bridgehead atoms. The van der Waals surface area contributed by atoms with Gasteiger partial charge in [-0.3, -0.25) is 0 Å². The lowest BCUT2D eigenvalue weighted by atomic mass is 10.1. The van der Waals surface area contributed by atoms with Gasteiger partial charge in [-0.05, 0) is 66.7 Å². The number of nitrogens with zero attached hydrogens (tertiary/aromatic N) is 1. The number of phenols is 1. The normalized spacial score (nSPS) is 11.6. The molecule has 0 spiro atoms. The third-order valence-electron chi connectivity index (χ3n) is 3.01. The summed E-state index contributed by atoms with van der Waals surface area (Å²) < 4.78 is 6.11. The van der Waals surface area contributed by atoms with E-state index in [9.17, 15) is 9.90 Å². The predicted molar refractivity (Wildman–Crippen MR) is 91.9 cm³/mol. The third kappa shape index (κ3) is 6.69. The summed E-state index contributed by atoms with van der Waals surface area (Å²) >= 11 is 3.30. The summed E-state index contributed by atoms with van der Waals surface area (Å²) in [6.07, 6.45) is 0.607. The molecule has 0 radical (unpaired) electrons. The van der Waals surface area contributed by atoms with E-state index in [0.29, 0.717) is 23.5 Å². The fourth-order valence-corrected chi connectivity index (χ4v) is 2.27. The van der Waals surface area contributed by atoms with Gasteiger partial charge in [-0.25, -0.2) is 4.79 Å². The van der Waals surface area contributed by atoms with Crippen LogP contribution in [0, 0.1) is 5.92 Å². The highest BCUT2D eigenvalue weighted by Crippen LogP contribution is 2.25. The molecule has 4 nitrogen and oxygen atoms in total. The lowest BCUT2D eigenvalue weighted by molar-refractivity contribution is 0.0226. The van der Waals surface area contributed by atoms with Gasteiger partial charge in [0.2, 0.25) is 0 Å². The van der Waals surface area contributed by atoms with Crippen LogP contribution in [0.4, 0.5) is 4.79 Å². The molecular formula is C17H26BrNO3. The minimum Gasteiger partial charge on any atom is -0.507 e. The standard InChI is InChI=1S/C17H26BrNO3/c1-12(2)8-9-19(16(21)22-17(3,4)5)11-13-6-7-15(20)14(18)10-13/h6-7,10,12,20H,8-9,11H2,1-5H3. The van der Waals surface area contributed by atoms with E-state index in [1.807, 2.05) is 32.9 Å². The molecule has 0 aromatic heterocycles. The van der Waals surface area contributed by atoms with E-state index in [0.717, 1.165) is 12.0 Å². The van der Waals surface area contributed by atoms with Crippen molar-refractivity contribution in [3.05, 3.63) is 28.2 Å². The number of carbonyl (C=O) groups is 1. The van der Waals surface area contributed by atoms with Gasteiger partial charge in [0.1, 0.15) is 11.4 Å². The second kappa shape index (κ2) is 7.86. The van der Waals surface area contributed by atoms with Crippen LogP contribution in [0.2, 0.25) is 0 Å². The zero-order valence-electron chi connectivity index (χ0n) is 14.0. The SMILES string of the molecule is CC(C)CCN(Cc1ccc(O)c(Br)c1)C(=O)OC(C)(C)C. The van der Waals surface area contributed by atoms with Crippen molar-refractivity contribution < 1.29 is 14.6 Å². The highest BCUT2D eigenvalue weighted by atomic mass is 79.9. The van der Waals surface area contributed by atoms with Crippen LogP contribution in [-0.2, 0) is 11.3 Å². The van der Waals surface area contributed by atoms with Gasteiger partial charge in [0, 0.05) is 13.1 Å². The van der Waals surface area contributed by atoms with Gasteiger partial charge in [-0.15, -0.1) is 0 Å². The monoisotopic (exact) mass is 371 g/mol. The Balaban J connectivity index is 2.84. The van der Waals surface area contributed by atoms with Gasteiger partial charge < -0.3 is 14.7 Å². The number of halogens is 1. The Morgan fingerprint density at radius 1 is 1.36 bits per heavy atom. The summed E-state index contributed by atoms with van der Waals surface area (Å²) in [6.45, 7) is 11.0. The number of aromatic hydroxyl groups is 1. The van der Waals surface area contributed by atoms with Crippen LogP contribution in [-0.4, -0.2) is 28.2 Å². The Morgan fingerprint density at radius 3 is 2.50 bits per heavy atom. The van der Waals surface area contributed by atoms with Crippen molar-refractivity contribution in [2.75, 3.05) is 6.54 Å². The summed E-state index contributed by atoms with van der Waals surface area (Å²) in [5.41, 5.74) is 0.433. The first-order valence-corrected chi connectivity index (χ1v) is 8.33. The first kappa shape index (κ1) is 18.8. The highest BCUT2D eigenvalue weighted by Gasteiger charge is 2.22. The molecule has 0 saturated carbocycles. The maximum atomic E-state index is 12.4. The van der Waals surface area contributed by atoms with Crippen LogP contribution < -0.4 is 0 Å². The van der Waals surface area contributed by atoms with Gasteiger partial charge >= 0.3 is 6.09 Å². The molecule has 22 heavy (non-hydrogen) atoms. The van der Waals surface area contributed by atoms with Crippen LogP contribution in [0.3, 0.4) is 0 Å². The number of rotatable bonds is 5. The molecular weight excluding hydrogens is 346 g/mol. The summed E-state index contributed by atoms with van der Waals surface area (Å²) in [5, 5.41) is 9.56. The molecule has 0 saturated heterocycles. The Bertz CT molecular complexity index is 509. The summed E-state index contributed by atoms with van der Waals surface area (Å²) in [6, 6.07) is 5.25. The number of carbonyl (C=O) groups excluding carboxylic acids is 1. The molecule has 0 unspecified atom stereocenters. The number of amides is 1. The van der Waals surface area contributed by atoms with Crippen molar-refractivity contribution in [2.45, 2.75) is 53.2 Å². The van der Waals surface area contributed by atoms with E-state index >= 15 is 0 Å². The second-order valence-corrected chi connectivity index (χ2v) is 7.72. The maximum Gasteiger partial charge on any atom is 0.410 e. The van der Waals surface area contributed by atoms with Crippen molar-refractivity contribution in [3.8, 4) is 5.75 Å². The molecule has 124 valence electrons. The number of phenolic OH excluding ortho intramolecular Hbond substituents is 1. The molecule has 0 aliphatic rings. The zero-order valence-corrected chi connectivity index (χ0v) is 15.6. The van der Waals surface area contributed by atoms with Crippen LogP contribution in [0.5, 0.6) is 5.75 Å². The van der Waals surface area contributed by atoms with Gasteiger partial charge in [0.15, 0.2) is 0 Å². The van der Waals surface area contributed by atoms with Gasteiger partial charge in [-0.1, -0.05) is 19.9 Å². The predicted octanol–water partition coefficient (Wildman–Crippen LogP) is 4.94. The Kier molecular flexibility index (Phi) is 6.72. The number of hydrogen-bond donors (Lipinski definition) is 1. The van der Waals surface area contributed by atoms with E-state index in [-0.39, 0.29) is 11.8 Å². The van der Waals surface area contributed by atoms with E-state index in [1.165, 1.54) is 0 Å². The van der Waals surface area contributed by atoms with Crippen molar-refractivity contribution in [2.24, 2.45) is 5.92 Å². The lowest BCUT2D eigenvalue weighted by Crippen LogP contribution is -2.37. The van der Waals surface area contributed by atoms with Crippen molar-refractivity contribution in [1.82, 2.24) is 4.90 Å². The topological polar surface area (TPSA) is 49.8 Å². The fourth-order valence-electron chi connectivity index (χ4n) is 1.84. The molecule has 1 N–H and O–H groups in total. The Labute approximate surface area is 141 Å². The van der Waals surface area contributed by atoms with E-state index in [2.05, 4.69) is 29.8 Å². The molecule has 0 aliphatic carbocycles.